The molecule has 0 bridgehead atoms. The summed E-state index contributed by atoms with van der Waals surface area (Å²) in [7, 11) is 0. The number of benzene rings is 1. The van der Waals surface area contributed by atoms with E-state index in [0.717, 1.165) is 24.7 Å². The van der Waals surface area contributed by atoms with E-state index >= 15 is 0 Å². The summed E-state index contributed by atoms with van der Waals surface area (Å²) >= 11 is 7.15. The van der Waals surface area contributed by atoms with Crippen LogP contribution in [0.4, 0.5) is 0 Å². The molecule has 0 aliphatic carbocycles. The summed E-state index contributed by atoms with van der Waals surface area (Å²) in [6, 6.07) is 5.81. The van der Waals surface area contributed by atoms with Crippen LogP contribution in [0, 0.1) is 10.5 Å². The van der Waals surface area contributed by atoms with Gasteiger partial charge in [0, 0.05) is 29.9 Å². The van der Waals surface area contributed by atoms with Gasteiger partial charge in [0.15, 0.2) is 5.78 Å². The molecule has 0 amide bonds. The highest BCUT2D eigenvalue weighted by Gasteiger charge is 2.16. The first-order valence-corrected chi connectivity index (χ1v) is 7.44. The van der Waals surface area contributed by atoms with E-state index < -0.39 is 0 Å². The maximum Gasteiger partial charge on any atom is 0.196 e. The predicted molar refractivity (Wildman–Crippen MR) is 79.3 cm³/mol. The summed E-state index contributed by atoms with van der Waals surface area (Å²) in [5.74, 6) is 0.0845. The molecule has 0 spiro atoms. The van der Waals surface area contributed by atoms with E-state index in [1.165, 1.54) is 11.3 Å². The van der Waals surface area contributed by atoms with Crippen molar-refractivity contribution >= 4 is 55.6 Å². The van der Waals surface area contributed by atoms with Crippen molar-refractivity contribution in [3.05, 3.63) is 53.7 Å². The number of halogens is 2. The van der Waals surface area contributed by atoms with Crippen LogP contribution in [-0.2, 0) is 0 Å². The molecule has 0 aliphatic rings. The number of hydrogen-bond donors (Lipinski definition) is 0. The Bertz CT molecular complexity index is 548. The molecule has 0 atom stereocenters. The van der Waals surface area contributed by atoms with Crippen LogP contribution in [0.15, 0.2) is 33.4 Å². The molecule has 1 aromatic carbocycles. The molecule has 2 rings (SSSR count). The first-order valence-electron chi connectivity index (χ1n) is 4.62. The first-order chi connectivity index (χ1) is 7.61. The molecule has 0 saturated heterocycles. The van der Waals surface area contributed by atoms with Crippen LogP contribution in [0.3, 0.4) is 0 Å². The third-order valence-electron chi connectivity index (χ3n) is 2.30. The van der Waals surface area contributed by atoms with Gasteiger partial charge < -0.3 is 0 Å². The van der Waals surface area contributed by atoms with Gasteiger partial charge in [-0.25, -0.2) is 0 Å². The Morgan fingerprint density at radius 3 is 2.69 bits per heavy atom. The van der Waals surface area contributed by atoms with Crippen molar-refractivity contribution in [1.82, 2.24) is 0 Å². The Morgan fingerprint density at radius 1 is 1.31 bits per heavy atom. The number of hydrogen-bond acceptors (Lipinski definition) is 2. The fourth-order valence-electron chi connectivity index (χ4n) is 1.41. The van der Waals surface area contributed by atoms with Gasteiger partial charge in [-0.2, -0.15) is 11.3 Å². The second kappa shape index (κ2) is 4.98. The van der Waals surface area contributed by atoms with E-state index in [1.54, 1.807) is 0 Å². The van der Waals surface area contributed by atoms with E-state index in [1.807, 2.05) is 35.9 Å². The lowest BCUT2D eigenvalue weighted by molar-refractivity contribution is 0.103. The molecule has 0 saturated carbocycles. The summed E-state index contributed by atoms with van der Waals surface area (Å²) in [5, 5.41) is 3.81. The van der Waals surface area contributed by atoms with Crippen molar-refractivity contribution in [1.29, 1.82) is 0 Å². The summed E-state index contributed by atoms with van der Waals surface area (Å²) < 4.78 is 1.91. The molecular weight excluding hydrogens is 399 g/mol. The Morgan fingerprint density at radius 2 is 2.06 bits per heavy atom. The molecule has 16 heavy (non-hydrogen) atoms. The average molecular weight is 407 g/mol. The zero-order chi connectivity index (χ0) is 11.7. The fraction of sp³-hybridized carbons (Fsp3) is 0.0833. The quantitative estimate of drug-likeness (QED) is 0.523. The number of aryl methyl sites for hydroxylation is 1. The van der Waals surface area contributed by atoms with Gasteiger partial charge in [-0.15, -0.1) is 0 Å². The van der Waals surface area contributed by atoms with Gasteiger partial charge >= 0.3 is 0 Å². The van der Waals surface area contributed by atoms with Crippen molar-refractivity contribution in [2.45, 2.75) is 6.92 Å². The van der Waals surface area contributed by atoms with Gasteiger partial charge in [-0.3, -0.25) is 4.79 Å². The predicted octanol–water partition coefficient (Wildman–Crippen LogP) is 4.65. The van der Waals surface area contributed by atoms with E-state index in [4.69, 9.17) is 0 Å². The van der Waals surface area contributed by atoms with Crippen LogP contribution >= 0.6 is 49.9 Å². The van der Waals surface area contributed by atoms with Gasteiger partial charge in [0.1, 0.15) is 0 Å². The lowest BCUT2D eigenvalue weighted by Crippen LogP contribution is -2.04. The molecule has 82 valence electrons. The van der Waals surface area contributed by atoms with Gasteiger partial charge in [0.2, 0.25) is 0 Å². The SMILES string of the molecule is Cc1cccc(C(=O)c2cscc2Br)c1I. The molecule has 1 heterocycles. The highest BCUT2D eigenvalue weighted by molar-refractivity contribution is 14.1. The summed E-state index contributed by atoms with van der Waals surface area (Å²) in [6.07, 6.45) is 0. The highest BCUT2D eigenvalue weighted by Crippen LogP contribution is 2.26. The van der Waals surface area contributed by atoms with Crippen LogP contribution in [-0.4, -0.2) is 5.78 Å². The summed E-state index contributed by atoms with van der Waals surface area (Å²) in [5.41, 5.74) is 2.66. The van der Waals surface area contributed by atoms with E-state index in [0.29, 0.717) is 0 Å². The zero-order valence-electron chi connectivity index (χ0n) is 8.46. The van der Waals surface area contributed by atoms with Crippen LogP contribution in [0.25, 0.3) is 0 Å². The standard InChI is InChI=1S/C12H8BrIOS/c1-7-3-2-4-8(11(7)14)12(15)9-5-16-6-10(9)13/h2-6H,1H3. The van der Waals surface area contributed by atoms with Gasteiger partial charge in [-0.1, -0.05) is 12.1 Å². The molecule has 1 aromatic heterocycles. The largest absolute Gasteiger partial charge is 0.288 e. The van der Waals surface area contributed by atoms with E-state index in [-0.39, 0.29) is 5.78 Å². The minimum Gasteiger partial charge on any atom is -0.288 e. The van der Waals surface area contributed by atoms with E-state index in [9.17, 15) is 4.79 Å². The first kappa shape index (κ1) is 12.3. The van der Waals surface area contributed by atoms with Crippen molar-refractivity contribution in [2.24, 2.45) is 0 Å². The number of thiophene rings is 1. The molecule has 4 heteroatoms. The lowest BCUT2D eigenvalue weighted by atomic mass is 10.0. The van der Waals surface area contributed by atoms with Crippen LogP contribution < -0.4 is 0 Å². The van der Waals surface area contributed by atoms with Crippen LogP contribution in [0.5, 0.6) is 0 Å². The number of rotatable bonds is 2. The Labute approximate surface area is 120 Å². The summed E-state index contributed by atoms with van der Waals surface area (Å²) in [4.78, 5) is 12.3. The topological polar surface area (TPSA) is 17.1 Å². The molecule has 0 N–H and O–H groups in total. The third-order valence-corrected chi connectivity index (χ3v) is 5.43. The minimum atomic E-state index is 0.0845. The molecule has 0 unspecified atom stereocenters. The van der Waals surface area contributed by atoms with Crippen molar-refractivity contribution in [2.75, 3.05) is 0 Å². The smallest absolute Gasteiger partial charge is 0.196 e. The monoisotopic (exact) mass is 406 g/mol. The summed E-state index contributed by atoms with van der Waals surface area (Å²) in [6.45, 7) is 2.02. The maximum absolute atomic E-state index is 12.3. The number of carbonyl (C=O) groups excluding carboxylic acids is 1. The van der Waals surface area contributed by atoms with Gasteiger partial charge in [0.05, 0.1) is 0 Å². The fourth-order valence-corrected chi connectivity index (χ4v) is 3.47. The normalized spacial score (nSPS) is 10.4. The second-order valence-corrected chi connectivity index (χ2v) is 6.08. The minimum absolute atomic E-state index is 0.0845. The van der Waals surface area contributed by atoms with Crippen LogP contribution in [0.2, 0.25) is 0 Å². The Balaban J connectivity index is 2.50. The molecule has 1 nitrogen and oxygen atoms in total. The number of carbonyl (C=O) groups is 1. The molecule has 0 aliphatic heterocycles. The van der Waals surface area contributed by atoms with Gasteiger partial charge in [0.25, 0.3) is 0 Å². The Kier molecular flexibility index (Phi) is 3.81. The van der Waals surface area contributed by atoms with E-state index in [2.05, 4.69) is 38.5 Å². The van der Waals surface area contributed by atoms with Crippen LogP contribution in [0.1, 0.15) is 21.5 Å². The molecule has 2 aromatic rings. The van der Waals surface area contributed by atoms with Crippen molar-refractivity contribution in [3.8, 4) is 0 Å². The zero-order valence-corrected chi connectivity index (χ0v) is 13.0. The second-order valence-electron chi connectivity index (χ2n) is 3.40. The third kappa shape index (κ3) is 2.24. The molecular formula is C12H8BrIOS. The molecule has 0 radical (unpaired) electrons. The molecule has 0 fully saturated rings. The van der Waals surface area contributed by atoms with Crippen molar-refractivity contribution in [3.63, 3.8) is 0 Å². The van der Waals surface area contributed by atoms with Crippen molar-refractivity contribution < 1.29 is 4.79 Å². The average Bonchev–Trinajstić information content (AvgIpc) is 2.68. The highest BCUT2D eigenvalue weighted by atomic mass is 127. The maximum atomic E-state index is 12.3. The van der Waals surface area contributed by atoms with Gasteiger partial charge in [-0.05, 0) is 57.1 Å². The Hall–Kier alpha value is -0.200. The number of ketones is 1. The lowest BCUT2D eigenvalue weighted by Gasteiger charge is -2.05.